The van der Waals surface area contributed by atoms with E-state index in [1.54, 1.807) is 0 Å². The molecule has 4 nitrogen and oxygen atoms in total. The van der Waals surface area contributed by atoms with Crippen molar-refractivity contribution >= 4 is 98.0 Å². The summed E-state index contributed by atoms with van der Waals surface area (Å²) in [7, 11) is 0. The van der Waals surface area contributed by atoms with Crippen LogP contribution in [0.5, 0.6) is 0 Å². The molecule has 0 saturated heterocycles. The van der Waals surface area contributed by atoms with E-state index in [1.807, 2.05) is 0 Å². The number of hydrogen-bond donors (Lipinski definition) is 0. The number of benzene rings is 17. The summed E-state index contributed by atoms with van der Waals surface area (Å²) in [5, 5.41) is 12.5. The molecule has 486 valence electrons. The predicted octanol–water partition coefficient (Wildman–Crippen LogP) is 26.9. The maximum absolute atomic E-state index is 2.44. The number of hydrogen-bond acceptors (Lipinski definition) is 0. The Labute approximate surface area is 602 Å². The standard InChI is InChI=1S/C54H36N2.C46H30N2/c1-4-14-37(15-5-1)40-24-28-45(29-25-40)55-51-22-12-10-20-47(51)49-35-41(26-30-53(49)55)42-27-31-54-50(36-42)48-21-11-13-23-52(48)56(54)46-33-43(38-16-6-2-7-17-38)32-44(34-46)39-18-8-3-9-19-39;1-2-11-31(12-3-1)32-21-25-36(26-22-32)47-43-18-8-6-16-38(43)40-29-34(23-27-45(40)47)35-24-28-46-41(30-35)39-17-7-9-19-44(39)48(46)42-20-10-14-33-13-4-5-15-37(33)42/h1-36H;1-30H. The second kappa shape index (κ2) is 25.1. The molecule has 17 aromatic carbocycles. The van der Waals surface area contributed by atoms with E-state index in [9.17, 15) is 0 Å². The minimum Gasteiger partial charge on any atom is -0.309 e. The molecule has 0 radical (unpaired) electrons. The van der Waals surface area contributed by atoms with E-state index in [-0.39, 0.29) is 0 Å². The Morgan fingerprint density at radius 3 is 0.760 bits per heavy atom. The Hall–Kier alpha value is -13.8. The van der Waals surface area contributed by atoms with Crippen molar-refractivity contribution in [1.82, 2.24) is 18.3 Å². The molecule has 4 heteroatoms. The lowest BCUT2D eigenvalue weighted by Crippen LogP contribution is -1.96. The van der Waals surface area contributed by atoms with Gasteiger partial charge in [-0.05, 0) is 193 Å². The van der Waals surface area contributed by atoms with Crippen molar-refractivity contribution in [3.63, 3.8) is 0 Å². The van der Waals surface area contributed by atoms with Gasteiger partial charge in [0, 0.05) is 65.5 Å². The normalized spacial score (nSPS) is 11.7. The summed E-state index contributed by atoms with van der Waals surface area (Å²) in [5.41, 5.74) is 28.9. The third-order valence-electron chi connectivity index (χ3n) is 21.2. The summed E-state index contributed by atoms with van der Waals surface area (Å²) < 4.78 is 9.65. The lowest BCUT2D eigenvalue weighted by Gasteiger charge is -2.14. The van der Waals surface area contributed by atoms with Crippen molar-refractivity contribution in [2.24, 2.45) is 0 Å². The van der Waals surface area contributed by atoms with Gasteiger partial charge in [-0.2, -0.15) is 0 Å². The largest absolute Gasteiger partial charge is 0.309 e. The summed E-state index contributed by atoms with van der Waals surface area (Å²) in [5.74, 6) is 0. The fourth-order valence-corrected chi connectivity index (χ4v) is 16.3. The molecule has 0 spiro atoms. The van der Waals surface area contributed by atoms with Gasteiger partial charge in [-0.15, -0.1) is 0 Å². The Morgan fingerprint density at radius 2 is 0.385 bits per heavy atom. The minimum atomic E-state index is 1.15. The first-order chi connectivity index (χ1) is 51.6. The molecule has 0 N–H and O–H groups in total. The lowest BCUT2D eigenvalue weighted by molar-refractivity contribution is 1.18. The van der Waals surface area contributed by atoms with E-state index in [4.69, 9.17) is 0 Å². The molecule has 0 aliphatic heterocycles. The molecule has 0 fully saturated rings. The van der Waals surface area contributed by atoms with Gasteiger partial charge >= 0.3 is 0 Å². The fourth-order valence-electron chi connectivity index (χ4n) is 16.3. The molecule has 21 aromatic rings. The van der Waals surface area contributed by atoms with Crippen LogP contribution in [0.1, 0.15) is 0 Å². The van der Waals surface area contributed by atoms with Crippen LogP contribution in [0.15, 0.2) is 400 Å². The van der Waals surface area contributed by atoms with Crippen molar-refractivity contribution in [2.45, 2.75) is 0 Å². The molecule has 4 aromatic heterocycles. The van der Waals surface area contributed by atoms with Crippen LogP contribution >= 0.6 is 0 Å². The number of nitrogens with zero attached hydrogens (tertiary/aromatic N) is 4. The Morgan fingerprint density at radius 1 is 0.125 bits per heavy atom. The van der Waals surface area contributed by atoms with Crippen LogP contribution in [0, 0.1) is 0 Å². The maximum Gasteiger partial charge on any atom is 0.0541 e. The van der Waals surface area contributed by atoms with Crippen LogP contribution in [0.3, 0.4) is 0 Å². The molecule has 0 atom stereocenters. The van der Waals surface area contributed by atoms with Crippen molar-refractivity contribution < 1.29 is 0 Å². The molecule has 21 rings (SSSR count). The molecule has 0 amide bonds. The molecular weight excluding hydrogens is 1260 g/mol. The summed E-state index contributed by atoms with van der Waals surface area (Å²) in [6, 6.07) is 146. The molecule has 104 heavy (non-hydrogen) atoms. The van der Waals surface area contributed by atoms with E-state index in [2.05, 4.69) is 419 Å². The fraction of sp³-hybridized carbons (Fsp3) is 0. The van der Waals surface area contributed by atoms with Crippen LogP contribution in [0.4, 0.5) is 0 Å². The topological polar surface area (TPSA) is 19.7 Å². The molecule has 0 unspecified atom stereocenters. The highest BCUT2D eigenvalue weighted by Gasteiger charge is 2.21. The third-order valence-corrected chi connectivity index (χ3v) is 21.2. The molecular formula is C100H66N4. The minimum absolute atomic E-state index is 1.15. The molecule has 0 aliphatic rings. The first kappa shape index (κ1) is 60.2. The van der Waals surface area contributed by atoms with Gasteiger partial charge in [0.15, 0.2) is 0 Å². The summed E-state index contributed by atoms with van der Waals surface area (Å²) >= 11 is 0. The van der Waals surface area contributed by atoms with E-state index in [0.717, 1.165) is 17.1 Å². The van der Waals surface area contributed by atoms with Crippen LogP contribution in [0.25, 0.3) is 188 Å². The van der Waals surface area contributed by atoms with Gasteiger partial charge < -0.3 is 18.3 Å². The van der Waals surface area contributed by atoms with Gasteiger partial charge in [0.25, 0.3) is 0 Å². The van der Waals surface area contributed by atoms with Crippen molar-refractivity contribution in [1.29, 1.82) is 0 Å². The highest BCUT2D eigenvalue weighted by molar-refractivity contribution is 6.15. The number of rotatable bonds is 10. The predicted molar refractivity (Wildman–Crippen MR) is 440 cm³/mol. The van der Waals surface area contributed by atoms with Gasteiger partial charge in [0.2, 0.25) is 0 Å². The zero-order chi connectivity index (χ0) is 68.6. The molecule has 4 heterocycles. The molecule has 0 saturated carbocycles. The van der Waals surface area contributed by atoms with Gasteiger partial charge in [0.1, 0.15) is 0 Å². The van der Waals surface area contributed by atoms with Crippen molar-refractivity contribution in [3.05, 3.63) is 400 Å². The second-order valence-electron chi connectivity index (χ2n) is 27.2. The lowest BCUT2D eigenvalue weighted by atomic mass is 9.98. The zero-order valence-corrected chi connectivity index (χ0v) is 56.9. The quantitative estimate of drug-likeness (QED) is 0.130. The second-order valence-corrected chi connectivity index (χ2v) is 27.2. The van der Waals surface area contributed by atoms with Gasteiger partial charge in [0.05, 0.1) is 49.8 Å². The smallest absolute Gasteiger partial charge is 0.0541 e. The monoisotopic (exact) mass is 1320 g/mol. The van der Waals surface area contributed by atoms with Crippen LogP contribution < -0.4 is 0 Å². The van der Waals surface area contributed by atoms with Crippen molar-refractivity contribution in [3.8, 4) is 89.5 Å². The summed E-state index contributed by atoms with van der Waals surface area (Å²) in [4.78, 5) is 0. The van der Waals surface area contributed by atoms with E-state index >= 15 is 0 Å². The van der Waals surface area contributed by atoms with E-state index < -0.39 is 0 Å². The highest BCUT2D eigenvalue weighted by atomic mass is 15.0. The highest BCUT2D eigenvalue weighted by Crippen LogP contribution is 2.43. The van der Waals surface area contributed by atoms with E-state index in [0.29, 0.717) is 0 Å². The van der Waals surface area contributed by atoms with Gasteiger partial charge in [-0.1, -0.05) is 279 Å². The molecule has 0 bridgehead atoms. The maximum atomic E-state index is 2.44. The van der Waals surface area contributed by atoms with Gasteiger partial charge in [-0.3, -0.25) is 0 Å². The molecule has 0 aliphatic carbocycles. The number of fused-ring (bicyclic) bond motifs is 13. The number of aromatic nitrogens is 4. The summed E-state index contributed by atoms with van der Waals surface area (Å²) in [6.07, 6.45) is 0. The average molecular weight is 1320 g/mol. The van der Waals surface area contributed by atoms with Crippen molar-refractivity contribution in [2.75, 3.05) is 0 Å². The SMILES string of the molecule is c1ccc(-c2ccc(-n3c4ccccc4c4cc(-c5ccc6c(c5)c5ccccc5n6-c5cc(-c6ccccc6)cc(-c6ccccc6)c5)ccc43)cc2)cc1.c1ccc(-c2ccc(-n3c4ccccc4c4cc(-c5ccc6c(c5)c5ccccc5n6-c5cccc6ccccc56)ccc43)cc2)cc1. The first-order valence-corrected chi connectivity index (χ1v) is 35.8. The third kappa shape index (κ3) is 10.3. The Kier molecular flexibility index (Phi) is 14.5. The summed E-state index contributed by atoms with van der Waals surface area (Å²) in [6.45, 7) is 0. The average Bonchev–Trinajstić information content (AvgIpc) is 1.58. The Balaban J connectivity index is 0.000000140. The number of para-hydroxylation sites is 4. The first-order valence-electron chi connectivity index (χ1n) is 35.8. The van der Waals surface area contributed by atoms with Gasteiger partial charge in [-0.25, -0.2) is 0 Å². The Bertz CT molecular complexity index is 6790. The van der Waals surface area contributed by atoms with Crippen LogP contribution in [-0.4, -0.2) is 18.3 Å². The van der Waals surface area contributed by atoms with Crippen LogP contribution in [0.2, 0.25) is 0 Å². The van der Waals surface area contributed by atoms with Crippen LogP contribution in [-0.2, 0) is 0 Å². The zero-order valence-electron chi connectivity index (χ0n) is 56.9. The van der Waals surface area contributed by atoms with E-state index in [1.165, 1.54) is 170 Å².